The molecule has 166 valence electrons. The number of thiol groups is 1. The average molecular weight is 433 g/mol. The van der Waals surface area contributed by atoms with Gasteiger partial charge in [0, 0.05) is 12.2 Å². The molecule has 0 spiro atoms. The number of carbonyl (C=O) groups excluding carboxylic acids is 5. The first-order chi connectivity index (χ1) is 13.4. The third-order valence-corrected chi connectivity index (χ3v) is 4.27. The second-order valence-corrected chi connectivity index (χ2v) is 7.56. The van der Waals surface area contributed by atoms with Crippen LogP contribution >= 0.6 is 12.6 Å². The van der Waals surface area contributed by atoms with Crippen LogP contribution in [0.25, 0.3) is 0 Å². The first kappa shape index (κ1) is 26.7. The van der Waals surface area contributed by atoms with Gasteiger partial charge in [-0.3, -0.25) is 24.0 Å². The molecule has 0 aliphatic rings. The Labute approximate surface area is 175 Å². The zero-order chi connectivity index (χ0) is 22.7. The van der Waals surface area contributed by atoms with E-state index in [0.29, 0.717) is 0 Å². The molecule has 0 aromatic carbocycles. The van der Waals surface area contributed by atoms with E-state index in [-0.39, 0.29) is 30.9 Å². The van der Waals surface area contributed by atoms with Crippen LogP contribution in [0.3, 0.4) is 0 Å². The molecule has 5 amide bonds. The van der Waals surface area contributed by atoms with Crippen molar-refractivity contribution in [3.8, 4) is 0 Å². The van der Waals surface area contributed by atoms with E-state index in [0.717, 1.165) is 0 Å². The molecule has 12 heteroatoms. The second-order valence-electron chi connectivity index (χ2n) is 7.19. The van der Waals surface area contributed by atoms with Crippen molar-refractivity contribution in [2.75, 3.05) is 5.75 Å². The number of amides is 5. The van der Waals surface area contributed by atoms with Gasteiger partial charge in [0.1, 0.15) is 18.1 Å². The molecule has 0 heterocycles. The Balaban J connectivity index is 5.37. The summed E-state index contributed by atoms with van der Waals surface area (Å²) in [7, 11) is 0. The van der Waals surface area contributed by atoms with E-state index < -0.39 is 53.7 Å². The van der Waals surface area contributed by atoms with E-state index in [2.05, 4.69) is 28.6 Å². The maximum atomic E-state index is 12.7. The lowest BCUT2D eigenvalue weighted by Gasteiger charge is -2.25. The fourth-order valence-electron chi connectivity index (χ4n) is 2.31. The van der Waals surface area contributed by atoms with Crippen molar-refractivity contribution in [2.45, 2.75) is 64.2 Å². The molecule has 0 fully saturated rings. The average Bonchev–Trinajstić information content (AvgIpc) is 2.60. The molecule has 0 unspecified atom stereocenters. The molecule has 0 saturated carbocycles. The molecule has 4 atom stereocenters. The first-order valence-corrected chi connectivity index (χ1v) is 9.87. The molecule has 29 heavy (non-hydrogen) atoms. The lowest BCUT2D eigenvalue weighted by atomic mass is 10.0. The summed E-state index contributed by atoms with van der Waals surface area (Å²) in [6, 6.07) is -3.98. The fourth-order valence-corrected chi connectivity index (χ4v) is 2.58. The largest absolute Gasteiger partial charge is 0.370 e. The summed E-state index contributed by atoms with van der Waals surface area (Å²) < 4.78 is 0. The zero-order valence-electron chi connectivity index (χ0n) is 16.9. The van der Waals surface area contributed by atoms with Gasteiger partial charge < -0.3 is 33.2 Å². The highest BCUT2D eigenvalue weighted by Gasteiger charge is 2.29. The van der Waals surface area contributed by atoms with E-state index in [9.17, 15) is 24.0 Å². The maximum Gasteiger partial charge on any atom is 0.243 e. The van der Waals surface area contributed by atoms with Gasteiger partial charge in [0.25, 0.3) is 0 Å². The SMILES string of the molecule is CC(C)C[C@H](NC(=O)[C@H](CCC(N)=O)NC(=O)[C@H](C)N)C(=O)N[C@@H](CS)C(N)=O. The molecule has 0 saturated heterocycles. The van der Waals surface area contributed by atoms with E-state index >= 15 is 0 Å². The lowest BCUT2D eigenvalue weighted by molar-refractivity contribution is -0.134. The number of hydrogen-bond acceptors (Lipinski definition) is 7. The molecule has 0 aliphatic heterocycles. The third-order valence-electron chi connectivity index (χ3n) is 3.91. The number of hydrogen-bond donors (Lipinski definition) is 7. The van der Waals surface area contributed by atoms with Crippen LogP contribution in [0.15, 0.2) is 0 Å². The molecule has 0 aliphatic carbocycles. The Hall–Kier alpha value is -2.34. The summed E-state index contributed by atoms with van der Waals surface area (Å²) in [6.07, 6.45) is 0.0529. The van der Waals surface area contributed by atoms with Gasteiger partial charge >= 0.3 is 0 Å². The number of nitrogens with two attached hydrogens (primary N) is 3. The molecule has 0 rings (SSSR count). The molecular weight excluding hydrogens is 400 g/mol. The topological polar surface area (TPSA) is 200 Å². The van der Waals surface area contributed by atoms with Crippen molar-refractivity contribution in [1.29, 1.82) is 0 Å². The van der Waals surface area contributed by atoms with Crippen molar-refractivity contribution < 1.29 is 24.0 Å². The number of rotatable bonds is 13. The van der Waals surface area contributed by atoms with Crippen LogP contribution in [0, 0.1) is 5.92 Å². The van der Waals surface area contributed by atoms with Crippen LogP contribution in [0.4, 0.5) is 0 Å². The first-order valence-electron chi connectivity index (χ1n) is 9.24. The van der Waals surface area contributed by atoms with Crippen LogP contribution in [-0.4, -0.2) is 59.5 Å². The highest BCUT2D eigenvalue weighted by atomic mass is 32.1. The minimum atomic E-state index is -1.11. The monoisotopic (exact) mass is 432 g/mol. The van der Waals surface area contributed by atoms with Crippen LogP contribution in [0.5, 0.6) is 0 Å². The van der Waals surface area contributed by atoms with Crippen LogP contribution in [0.2, 0.25) is 0 Å². The van der Waals surface area contributed by atoms with Crippen molar-refractivity contribution in [2.24, 2.45) is 23.1 Å². The Morgan fingerprint density at radius 1 is 0.828 bits per heavy atom. The fraction of sp³-hybridized carbons (Fsp3) is 0.706. The highest BCUT2D eigenvalue weighted by molar-refractivity contribution is 7.80. The van der Waals surface area contributed by atoms with Gasteiger partial charge in [-0.2, -0.15) is 12.6 Å². The van der Waals surface area contributed by atoms with Crippen LogP contribution < -0.4 is 33.2 Å². The molecule has 9 N–H and O–H groups in total. The molecule has 0 bridgehead atoms. The van der Waals surface area contributed by atoms with Crippen LogP contribution in [-0.2, 0) is 24.0 Å². The standard InChI is InChI=1S/C17H32N6O5S/c1-8(2)6-11(17(28)23-12(7-29)14(20)25)22-16(27)10(4-5-13(19)24)21-15(26)9(3)18/h8-12,29H,4-7,18H2,1-3H3,(H2,19,24)(H2,20,25)(H,21,26)(H,22,27)(H,23,28)/t9-,10-,11-,12-/m0/s1. The van der Waals surface area contributed by atoms with E-state index in [4.69, 9.17) is 17.2 Å². The van der Waals surface area contributed by atoms with Gasteiger partial charge in [-0.25, -0.2) is 0 Å². The quantitative estimate of drug-likeness (QED) is 0.157. The summed E-state index contributed by atoms with van der Waals surface area (Å²) in [6.45, 7) is 5.13. The summed E-state index contributed by atoms with van der Waals surface area (Å²) in [4.78, 5) is 59.6. The van der Waals surface area contributed by atoms with E-state index in [1.807, 2.05) is 13.8 Å². The smallest absolute Gasteiger partial charge is 0.243 e. The van der Waals surface area contributed by atoms with Gasteiger partial charge in [0.05, 0.1) is 6.04 Å². The lowest BCUT2D eigenvalue weighted by Crippen LogP contribution is -2.58. The van der Waals surface area contributed by atoms with E-state index in [1.54, 1.807) is 0 Å². The van der Waals surface area contributed by atoms with Crippen molar-refractivity contribution >= 4 is 42.2 Å². The van der Waals surface area contributed by atoms with Crippen molar-refractivity contribution in [3.63, 3.8) is 0 Å². The van der Waals surface area contributed by atoms with Gasteiger partial charge in [-0.15, -0.1) is 0 Å². The predicted molar refractivity (Wildman–Crippen MR) is 110 cm³/mol. The second kappa shape index (κ2) is 13.0. The number of nitrogens with one attached hydrogen (secondary N) is 3. The van der Waals surface area contributed by atoms with Gasteiger partial charge in [0.15, 0.2) is 0 Å². The predicted octanol–water partition coefficient (Wildman–Crippen LogP) is -2.49. The van der Waals surface area contributed by atoms with Crippen molar-refractivity contribution in [3.05, 3.63) is 0 Å². The summed E-state index contributed by atoms with van der Waals surface area (Å²) >= 11 is 3.97. The van der Waals surface area contributed by atoms with Gasteiger partial charge in [-0.1, -0.05) is 13.8 Å². The molecule has 0 aromatic rings. The minimum absolute atomic E-state index is 0.00486. The Bertz CT molecular complexity index is 613. The summed E-state index contributed by atoms with van der Waals surface area (Å²) in [5.41, 5.74) is 15.8. The van der Waals surface area contributed by atoms with Gasteiger partial charge in [-0.05, 0) is 25.7 Å². The zero-order valence-corrected chi connectivity index (χ0v) is 17.8. The van der Waals surface area contributed by atoms with Crippen molar-refractivity contribution in [1.82, 2.24) is 16.0 Å². The Morgan fingerprint density at radius 2 is 1.31 bits per heavy atom. The highest BCUT2D eigenvalue weighted by Crippen LogP contribution is 2.07. The maximum absolute atomic E-state index is 12.7. The summed E-state index contributed by atoms with van der Waals surface area (Å²) in [5.74, 6) is -3.27. The molecular formula is C17H32N6O5S. The summed E-state index contributed by atoms with van der Waals surface area (Å²) in [5, 5.41) is 7.43. The third kappa shape index (κ3) is 10.7. The Morgan fingerprint density at radius 3 is 1.72 bits per heavy atom. The van der Waals surface area contributed by atoms with Gasteiger partial charge in [0.2, 0.25) is 29.5 Å². The molecule has 0 aromatic heterocycles. The normalized spacial score (nSPS) is 15.0. The molecule has 0 radical (unpaired) electrons. The van der Waals surface area contributed by atoms with Crippen LogP contribution in [0.1, 0.15) is 40.0 Å². The van der Waals surface area contributed by atoms with E-state index in [1.165, 1.54) is 6.92 Å². The number of carbonyl (C=O) groups is 5. The molecule has 11 nitrogen and oxygen atoms in total. The number of primary amides is 2. The minimum Gasteiger partial charge on any atom is -0.370 e. The Kier molecular flexibility index (Phi) is 11.9.